The van der Waals surface area contributed by atoms with Gasteiger partial charge < -0.3 is 9.47 Å². The summed E-state index contributed by atoms with van der Waals surface area (Å²) in [5.74, 6) is -0.416. The smallest absolute Gasteiger partial charge is 0.343 e. The second-order valence-electron chi connectivity index (χ2n) is 6.40. The Labute approximate surface area is 172 Å². The Morgan fingerprint density at radius 3 is 1.97 bits per heavy atom. The first-order valence-corrected chi connectivity index (χ1v) is 9.05. The number of carbonyl (C=O) groups is 3. The van der Waals surface area contributed by atoms with Crippen LogP contribution in [-0.2, 0) is 0 Å². The van der Waals surface area contributed by atoms with Gasteiger partial charge in [-0.2, -0.15) is 10.1 Å². The van der Waals surface area contributed by atoms with E-state index in [9.17, 15) is 14.4 Å². The zero-order valence-electron chi connectivity index (χ0n) is 15.9. The van der Waals surface area contributed by atoms with E-state index in [1.54, 1.807) is 79.9 Å². The summed E-state index contributed by atoms with van der Waals surface area (Å²) in [6, 6.07) is 19.7. The minimum Gasteiger partial charge on any atom is -0.497 e. The molecule has 7 nitrogen and oxygen atoms in total. The van der Waals surface area contributed by atoms with E-state index in [1.807, 2.05) is 0 Å². The van der Waals surface area contributed by atoms with E-state index >= 15 is 0 Å². The Bertz CT molecular complexity index is 1120. The number of nitrogens with zero attached hydrogens (tertiary/aromatic N) is 2. The van der Waals surface area contributed by atoms with Gasteiger partial charge in [0.1, 0.15) is 11.5 Å². The van der Waals surface area contributed by atoms with Crippen LogP contribution in [0.15, 0.2) is 77.9 Å². The van der Waals surface area contributed by atoms with Crippen LogP contribution in [0, 0.1) is 0 Å². The van der Waals surface area contributed by atoms with Crippen LogP contribution in [0.5, 0.6) is 11.5 Å². The normalized spacial score (nSPS) is 12.9. The van der Waals surface area contributed by atoms with Crippen molar-refractivity contribution in [1.29, 1.82) is 0 Å². The number of amides is 2. The standard InChI is InChI=1S/C23H16N2O5/c1-29-17-12-8-16(9-13-17)23(28)30-18-10-6-15(7-11-18)14-24-25-21(26)19-4-2-3-5-20(19)22(25)27/h2-14H,1H3/b24-14+. The highest BCUT2D eigenvalue weighted by molar-refractivity contribution is 6.21. The van der Waals surface area contributed by atoms with Crippen LogP contribution in [0.3, 0.4) is 0 Å². The summed E-state index contributed by atoms with van der Waals surface area (Å²) in [5.41, 5.74) is 1.70. The van der Waals surface area contributed by atoms with Gasteiger partial charge in [0.2, 0.25) is 0 Å². The van der Waals surface area contributed by atoms with Gasteiger partial charge in [0.15, 0.2) is 0 Å². The summed E-state index contributed by atoms with van der Waals surface area (Å²) in [5, 5.41) is 4.85. The molecule has 3 aromatic carbocycles. The number of fused-ring (bicyclic) bond motifs is 1. The number of benzene rings is 3. The lowest BCUT2D eigenvalue weighted by Crippen LogP contribution is -2.23. The van der Waals surface area contributed by atoms with Crippen molar-refractivity contribution in [2.75, 3.05) is 7.11 Å². The van der Waals surface area contributed by atoms with Crippen LogP contribution >= 0.6 is 0 Å². The zero-order valence-corrected chi connectivity index (χ0v) is 15.9. The number of imide groups is 1. The predicted molar refractivity (Wildman–Crippen MR) is 109 cm³/mol. The summed E-state index contributed by atoms with van der Waals surface area (Å²) in [6.07, 6.45) is 1.40. The molecule has 1 aliphatic rings. The number of hydrogen-bond donors (Lipinski definition) is 0. The molecular formula is C23H16N2O5. The van der Waals surface area contributed by atoms with Crippen molar-refractivity contribution in [2.45, 2.75) is 0 Å². The molecule has 4 rings (SSSR count). The Morgan fingerprint density at radius 2 is 1.40 bits per heavy atom. The molecule has 148 valence electrons. The Balaban J connectivity index is 1.42. The van der Waals surface area contributed by atoms with Gasteiger partial charge >= 0.3 is 5.97 Å². The van der Waals surface area contributed by atoms with Crippen LogP contribution in [0.4, 0.5) is 0 Å². The monoisotopic (exact) mass is 400 g/mol. The SMILES string of the molecule is COc1ccc(C(=O)Oc2ccc(/C=N/N3C(=O)c4ccccc4C3=O)cc2)cc1. The number of esters is 1. The minimum atomic E-state index is -0.495. The van der Waals surface area contributed by atoms with Crippen LogP contribution < -0.4 is 9.47 Å². The average Bonchev–Trinajstić information content (AvgIpc) is 3.03. The van der Waals surface area contributed by atoms with E-state index in [-0.39, 0.29) is 0 Å². The zero-order chi connectivity index (χ0) is 21.1. The van der Waals surface area contributed by atoms with Gasteiger partial charge in [0.05, 0.1) is 30.0 Å². The van der Waals surface area contributed by atoms with Crippen molar-refractivity contribution in [3.63, 3.8) is 0 Å². The quantitative estimate of drug-likeness (QED) is 0.283. The average molecular weight is 400 g/mol. The number of hydrogen-bond acceptors (Lipinski definition) is 6. The second-order valence-corrected chi connectivity index (χ2v) is 6.40. The van der Waals surface area contributed by atoms with Crippen LogP contribution in [0.25, 0.3) is 0 Å². The molecular weight excluding hydrogens is 384 g/mol. The molecule has 0 atom stereocenters. The Morgan fingerprint density at radius 1 is 0.833 bits per heavy atom. The van der Waals surface area contributed by atoms with Crippen molar-refractivity contribution in [1.82, 2.24) is 5.01 Å². The van der Waals surface area contributed by atoms with Crippen molar-refractivity contribution in [2.24, 2.45) is 5.10 Å². The molecule has 1 heterocycles. The van der Waals surface area contributed by atoms with E-state index < -0.39 is 17.8 Å². The lowest BCUT2D eigenvalue weighted by atomic mass is 10.1. The highest BCUT2D eigenvalue weighted by atomic mass is 16.5. The number of ether oxygens (including phenoxy) is 2. The molecule has 7 heteroatoms. The third kappa shape index (κ3) is 3.68. The molecule has 3 aromatic rings. The van der Waals surface area contributed by atoms with Crippen molar-refractivity contribution in [3.8, 4) is 11.5 Å². The fourth-order valence-corrected chi connectivity index (χ4v) is 2.92. The first-order chi connectivity index (χ1) is 14.6. The molecule has 1 aliphatic heterocycles. The van der Waals surface area contributed by atoms with Crippen LogP contribution in [-0.4, -0.2) is 36.1 Å². The Kier molecular flexibility index (Phi) is 5.09. The summed E-state index contributed by atoms with van der Waals surface area (Å²) in [6.45, 7) is 0. The molecule has 0 spiro atoms. The van der Waals surface area contributed by atoms with Gasteiger partial charge in [0.25, 0.3) is 11.8 Å². The van der Waals surface area contributed by atoms with Gasteiger partial charge in [0, 0.05) is 0 Å². The maximum absolute atomic E-state index is 12.3. The van der Waals surface area contributed by atoms with Crippen LogP contribution in [0.1, 0.15) is 36.6 Å². The molecule has 0 unspecified atom stereocenters. The maximum Gasteiger partial charge on any atom is 0.343 e. The Hall–Kier alpha value is -4.26. The lowest BCUT2D eigenvalue weighted by molar-refractivity contribution is 0.0658. The van der Waals surface area contributed by atoms with E-state index in [4.69, 9.17) is 9.47 Å². The third-order valence-corrected chi connectivity index (χ3v) is 4.51. The predicted octanol–water partition coefficient (Wildman–Crippen LogP) is 3.54. The summed E-state index contributed by atoms with van der Waals surface area (Å²) in [7, 11) is 1.55. The summed E-state index contributed by atoms with van der Waals surface area (Å²) in [4.78, 5) is 36.8. The van der Waals surface area contributed by atoms with Gasteiger partial charge in [-0.15, -0.1) is 0 Å². The first kappa shape index (κ1) is 19.1. The van der Waals surface area contributed by atoms with Crippen molar-refractivity contribution >= 4 is 24.0 Å². The van der Waals surface area contributed by atoms with Crippen molar-refractivity contribution < 1.29 is 23.9 Å². The number of rotatable bonds is 5. The van der Waals surface area contributed by atoms with Crippen molar-refractivity contribution in [3.05, 3.63) is 95.1 Å². The number of methoxy groups -OCH3 is 1. The third-order valence-electron chi connectivity index (χ3n) is 4.51. The molecule has 0 fully saturated rings. The molecule has 0 aliphatic carbocycles. The maximum atomic E-state index is 12.3. The minimum absolute atomic E-state index is 0.334. The van der Waals surface area contributed by atoms with E-state index in [0.717, 1.165) is 5.01 Å². The number of hydrazone groups is 1. The second kappa shape index (κ2) is 8.00. The van der Waals surface area contributed by atoms with E-state index in [0.29, 0.717) is 33.8 Å². The highest BCUT2D eigenvalue weighted by Gasteiger charge is 2.35. The molecule has 2 amide bonds. The van der Waals surface area contributed by atoms with Gasteiger partial charge in [-0.3, -0.25) is 9.59 Å². The number of carbonyl (C=O) groups excluding carboxylic acids is 3. The van der Waals surface area contributed by atoms with Gasteiger partial charge in [-0.25, -0.2) is 4.79 Å². The largest absolute Gasteiger partial charge is 0.497 e. The summed E-state index contributed by atoms with van der Waals surface area (Å²) < 4.78 is 10.4. The van der Waals surface area contributed by atoms with E-state index in [1.165, 1.54) is 6.21 Å². The van der Waals surface area contributed by atoms with Gasteiger partial charge in [-0.1, -0.05) is 12.1 Å². The topological polar surface area (TPSA) is 85.3 Å². The van der Waals surface area contributed by atoms with Gasteiger partial charge in [-0.05, 0) is 66.2 Å². The molecule has 0 saturated carbocycles. The molecule has 30 heavy (non-hydrogen) atoms. The lowest BCUT2D eigenvalue weighted by Gasteiger charge is -2.07. The molecule has 0 bridgehead atoms. The fraction of sp³-hybridized carbons (Fsp3) is 0.0435. The molecule has 0 aromatic heterocycles. The highest BCUT2D eigenvalue weighted by Crippen LogP contribution is 2.22. The molecule has 0 radical (unpaired) electrons. The fourth-order valence-electron chi connectivity index (χ4n) is 2.92. The summed E-state index contributed by atoms with van der Waals surface area (Å²) >= 11 is 0. The first-order valence-electron chi connectivity index (χ1n) is 9.05. The molecule has 0 N–H and O–H groups in total. The van der Waals surface area contributed by atoms with Crippen LogP contribution in [0.2, 0.25) is 0 Å². The molecule has 0 saturated heterocycles. The van der Waals surface area contributed by atoms with E-state index in [2.05, 4.69) is 5.10 Å².